The number of pyridine rings is 2. The Labute approximate surface area is 317 Å². The number of aromatic nitrogens is 2. The van der Waals surface area contributed by atoms with E-state index in [9.17, 15) is 9.59 Å². The molecule has 3 aromatic heterocycles. The zero-order valence-corrected chi connectivity index (χ0v) is 32.0. The van der Waals surface area contributed by atoms with Crippen molar-refractivity contribution in [2.45, 2.75) is 71.6 Å². The smallest absolute Gasteiger partial charge is 0.257 e. The Kier molecular flexibility index (Phi) is 10.9. The van der Waals surface area contributed by atoms with Crippen LogP contribution in [0.25, 0.3) is 21.8 Å². The highest BCUT2D eigenvalue weighted by Crippen LogP contribution is 2.40. The van der Waals surface area contributed by atoms with E-state index in [0.29, 0.717) is 6.42 Å². The molecule has 1 saturated carbocycles. The number of anilines is 4. The number of nitrogens with zero attached hydrogens (tertiary/aromatic N) is 4. The third kappa shape index (κ3) is 8.13. The van der Waals surface area contributed by atoms with Gasteiger partial charge in [-0.2, -0.15) is 0 Å². The van der Waals surface area contributed by atoms with Crippen molar-refractivity contribution < 1.29 is 9.59 Å². The second-order valence-corrected chi connectivity index (χ2v) is 16.1. The van der Waals surface area contributed by atoms with Crippen LogP contribution in [0, 0.1) is 11.8 Å². The van der Waals surface area contributed by atoms with Gasteiger partial charge in [0, 0.05) is 40.8 Å². The summed E-state index contributed by atoms with van der Waals surface area (Å²) in [6.07, 6.45) is 10.4. The number of rotatable bonds is 8. The van der Waals surface area contributed by atoms with Crippen LogP contribution >= 0.6 is 11.3 Å². The van der Waals surface area contributed by atoms with Crippen LogP contribution in [-0.2, 0) is 10.2 Å². The number of piperidine rings is 1. The largest absolute Gasteiger partial charge is 0.370 e. The Morgan fingerprint density at radius 3 is 2.17 bits per heavy atom. The van der Waals surface area contributed by atoms with Gasteiger partial charge in [-0.25, -0.2) is 0 Å². The first-order chi connectivity index (χ1) is 25.7. The topological polar surface area (TPSA) is 78.4 Å². The molecule has 8 heteroatoms. The number of nitrogens with one attached hydrogen (secondary N) is 1. The maximum absolute atomic E-state index is 13.1. The van der Waals surface area contributed by atoms with Crippen LogP contribution in [-0.4, -0.2) is 34.9 Å². The van der Waals surface area contributed by atoms with Crippen LogP contribution in [0.1, 0.15) is 81.5 Å². The van der Waals surface area contributed by atoms with Gasteiger partial charge in [-0.05, 0) is 91.5 Å². The summed E-state index contributed by atoms with van der Waals surface area (Å²) in [7, 11) is 0. The monoisotopic (exact) mass is 723 g/mol. The number of benzene rings is 3. The normalized spacial score (nSPS) is 16.9. The van der Waals surface area contributed by atoms with E-state index in [2.05, 4.69) is 59.2 Å². The summed E-state index contributed by atoms with van der Waals surface area (Å²) in [4.78, 5) is 40.3. The van der Waals surface area contributed by atoms with Crippen LogP contribution in [0.2, 0.25) is 0 Å². The van der Waals surface area contributed by atoms with Crippen molar-refractivity contribution in [1.29, 1.82) is 0 Å². The molecule has 7 nitrogen and oxygen atoms in total. The van der Waals surface area contributed by atoms with Crippen molar-refractivity contribution in [1.82, 2.24) is 9.97 Å². The number of carbonyl (C=O) groups excluding carboxylic acids is 2. The van der Waals surface area contributed by atoms with E-state index < -0.39 is 0 Å². The average molecular weight is 724 g/mol. The number of thiophene rings is 1. The summed E-state index contributed by atoms with van der Waals surface area (Å²) in [6, 6.07) is 32.2. The predicted molar refractivity (Wildman–Crippen MR) is 221 cm³/mol. The van der Waals surface area contributed by atoms with Crippen LogP contribution in [0.3, 0.4) is 0 Å². The zero-order valence-electron chi connectivity index (χ0n) is 31.2. The van der Waals surface area contributed by atoms with Gasteiger partial charge in [0.05, 0.1) is 40.4 Å². The molecule has 8 rings (SSSR count). The Bertz CT molecular complexity index is 2220. The SMILES string of the molecule is CCC(=O)N(c1cnc2ccccc2c1)c1ccc(C(C)(C)CC)s1.O=C(Nc1cnc2ccccc2c1)c1ccccc1N1CC2CCCC(C2)C1. The highest BCUT2D eigenvalue weighted by Gasteiger charge is 2.32. The number of hydrogen-bond donors (Lipinski definition) is 1. The minimum absolute atomic E-state index is 0.0663. The number of hydrogen-bond acceptors (Lipinski definition) is 6. The van der Waals surface area contributed by atoms with Gasteiger partial charge < -0.3 is 10.2 Å². The van der Waals surface area contributed by atoms with E-state index in [1.165, 1.54) is 30.6 Å². The van der Waals surface area contributed by atoms with Crippen LogP contribution in [0.5, 0.6) is 0 Å². The van der Waals surface area contributed by atoms with E-state index in [1.807, 2.05) is 85.8 Å². The van der Waals surface area contributed by atoms with E-state index in [4.69, 9.17) is 0 Å². The summed E-state index contributed by atoms with van der Waals surface area (Å²) in [5.74, 6) is 1.56. The summed E-state index contributed by atoms with van der Waals surface area (Å²) in [5.41, 5.74) is 5.35. The van der Waals surface area contributed by atoms with Gasteiger partial charge in [0.1, 0.15) is 5.00 Å². The second-order valence-electron chi connectivity index (χ2n) is 15.0. The summed E-state index contributed by atoms with van der Waals surface area (Å²) in [6.45, 7) is 10.7. The molecule has 272 valence electrons. The third-order valence-electron chi connectivity index (χ3n) is 10.9. The molecule has 2 atom stereocenters. The van der Waals surface area contributed by atoms with Crippen molar-refractivity contribution in [3.63, 3.8) is 0 Å². The quantitative estimate of drug-likeness (QED) is 0.169. The molecular formula is C45H49N5O2S. The van der Waals surface area contributed by atoms with E-state index in [0.717, 1.165) is 80.8 Å². The molecule has 2 unspecified atom stereocenters. The molecule has 1 aliphatic carbocycles. The summed E-state index contributed by atoms with van der Waals surface area (Å²) >= 11 is 1.69. The van der Waals surface area contributed by atoms with Crippen molar-refractivity contribution in [2.24, 2.45) is 11.8 Å². The predicted octanol–water partition coefficient (Wildman–Crippen LogP) is 11.2. The van der Waals surface area contributed by atoms with Crippen LogP contribution in [0.4, 0.5) is 22.1 Å². The van der Waals surface area contributed by atoms with Crippen molar-refractivity contribution in [2.75, 3.05) is 28.2 Å². The molecule has 1 N–H and O–H groups in total. The Balaban J connectivity index is 0.000000166. The van der Waals surface area contributed by atoms with Gasteiger partial charge in [0.15, 0.2) is 0 Å². The number of para-hydroxylation sites is 3. The van der Waals surface area contributed by atoms with Crippen molar-refractivity contribution in [3.8, 4) is 0 Å². The summed E-state index contributed by atoms with van der Waals surface area (Å²) in [5, 5.41) is 6.08. The molecule has 0 spiro atoms. The van der Waals surface area contributed by atoms with Gasteiger partial charge in [0.2, 0.25) is 5.91 Å². The lowest BCUT2D eigenvalue weighted by atomic mass is 9.77. The molecule has 4 heterocycles. The van der Waals surface area contributed by atoms with Crippen molar-refractivity contribution >= 4 is 67.0 Å². The maximum atomic E-state index is 13.1. The lowest BCUT2D eigenvalue weighted by Crippen LogP contribution is -2.43. The Morgan fingerprint density at radius 2 is 1.47 bits per heavy atom. The number of carbonyl (C=O) groups is 2. The highest BCUT2D eigenvalue weighted by atomic mass is 32.1. The van der Waals surface area contributed by atoms with Crippen molar-refractivity contribution in [3.05, 3.63) is 120 Å². The van der Waals surface area contributed by atoms with E-state index >= 15 is 0 Å². The molecule has 2 aliphatic rings. The van der Waals surface area contributed by atoms with Gasteiger partial charge in [-0.3, -0.25) is 24.5 Å². The lowest BCUT2D eigenvalue weighted by Gasteiger charge is -2.43. The molecule has 2 amide bonds. The molecule has 1 saturated heterocycles. The first kappa shape index (κ1) is 36.3. The van der Waals surface area contributed by atoms with Gasteiger partial charge in [-0.15, -0.1) is 11.3 Å². The van der Waals surface area contributed by atoms with E-state index in [1.54, 1.807) is 28.6 Å². The summed E-state index contributed by atoms with van der Waals surface area (Å²) < 4.78 is 0. The lowest BCUT2D eigenvalue weighted by molar-refractivity contribution is -0.117. The average Bonchev–Trinajstić information content (AvgIpc) is 3.69. The van der Waals surface area contributed by atoms with Gasteiger partial charge in [-0.1, -0.05) is 82.6 Å². The molecular weight excluding hydrogens is 675 g/mol. The molecule has 3 aromatic carbocycles. The van der Waals surface area contributed by atoms with Crippen LogP contribution in [0.15, 0.2) is 109 Å². The first-order valence-corrected chi connectivity index (χ1v) is 19.8. The fourth-order valence-corrected chi connectivity index (χ4v) is 8.84. The minimum Gasteiger partial charge on any atom is -0.370 e. The third-order valence-corrected chi connectivity index (χ3v) is 12.4. The maximum Gasteiger partial charge on any atom is 0.257 e. The number of fused-ring (bicyclic) bond motifs is 4. The molecule has 2 bridgehead atoms. The highest BCUT2D eigenvalue weighted by molar-refractivity contribution is 7.16. The van der Waals surface area contributed by atoms with E-state index in [-0.39, 0.29) is 17.2 Å². The van der Waals surface area contributed by atoms with Gasteiger partial charge >= 0.3 is 0 Å². The molecule has 1 aliphatic heterocycles. The van der Waals surface area contributed by atoms with Gasteiger partial charge in [0.25, 0.3) is 5.91 Å². The Morgan fingerprint density at radius 1 is 0.830 bits per heavy atom. The zero-order chi connectivity index (χ0) is 37.0. The standard InChI is InChI=1S/C24H25N3O.C21H24N2OS/c28-24(26-20-13-19-8-1-3-10-22(19)25-14-20)21-9-2-4-11-23(21)27-15-17-6-5-7-18(12-17)16-27;1-5-19(24)23(20-12-11-18(25-20)21(3,4)6-2)16-13-15-9-7-8-10-17(15)22-14-16/h1-4,8-11,13-14,17-18H,5-7,12,15-16H2,(H,26,28);7-14H,5-6H2,1-4H3. The molecule has 53 heavy (non-hydrogen) atoms. The number of amides is 2. The molecule has 2 fully saturated rings. The van der Waals surface area contributed by atoms with Crippen LogP contribution < -0.4 is 15.1 Å². The first-order valence-electron chi connectivity index (χ1n) is 19.0. The fraction of sp³-hybridized carbons (Fsp3) is 0.333. The molecule has 6 aromatic rings. The molecule has 0 radical (unpaired) electrons. The fourth-order valence-electron chi connectivity index (χ4n) is 7.63. The second kappa shape index (κ2) is 15.9. The Hall–Kier alpha value is -5.08. The minimum atomic E-state index is -0.0663.